The molecule has 2 rings (SSSR count). The zero-order chi connectivity index (χ0) is 19.5. The van der Waals surface area contributed by atoms with Crippen molar-refractivity contribution in [2.45, 2.75) is 19.9 Å². The summed E-state index contributed by atoms with van der Waals surface area (Å²) < 4.78 is 5.39. The Morgan fingerprint density at radius 2 is 1.93 bits per heavy atom. The van der Waals surface area contributed by atoms with Crippen molar-refractivity contribution in [2.24, 2.45) is 4.99 Å². The summed E-state index contributed by atoms with van der Waals surface area (Å²) >= 11 is 0. The number of hydrogen-bond acceptors (Lipinski definition) is 6. The number of morpholine rings is 1. The van der Waals surface area contributed by atoms with Gasteiger partial charge in [0.2, 0.25) is 0 Å². The lowest BCUT2D eigenvalue weighted by Gasteiger charge is -2.31. The minimum absolute atomic E-state index is 0. The quantitative estimate of drug-likeness (QED) is 0.117. The second kappa shape index (κ2) is 13.5. The number of nitro groups is 1. The van der Waals surface area contributed by atoms with Gasteiger partial charge in [0.1, 0.15) is 0 Å². The fourth-order valence-electron chi connectivity index (χ4n) is 2.79. The maximum Gasteiger partial charge on any atom is 0.269 e. The van der Waals surface area contributed by atoms with Gasteiger partial charge in [-0.15, -0.1) is 24.0 Å². The van der Waals surface area contributed by atoms with Gasteiger partial charge in [-0.25, -0.2) is 0 Å². The number of anilines is 1. The highest BCUT2D eigenvalue weighted by Crippen LogP contribution is 2.14. The van der Waals surface area contributed by atoms with Gasteiger partial charge in [-0.1, -0.05) is 0 Å². The second-order valence-electron chi connectivity index (χ2n) is 6.37. The van der Waals surface area contributed by atoms with Gasteiger partial charge >= 0.3 is 0 Å². The first kappa shape index (κ1) is 24.4. The average Bonchev–Trinajstić information content (AvgIpc) is 2.70. The molecule has 0 radical (unpaired) electrons. The van der Waals surface area contributed by atoms with Crippen molar-refractivity contribution in [3.8, 4) is 0 Å². The third-order valence-corrected chi connectivity index (χ3v) is 4.35. The number of nitrogens with zero attached hydrogens (tertiary/aromatic N) is 3. The van der Waals surface area contributed by atoms with Crippen LogP contribution in [0.1, 0.15) is 13.8 Å². The van der Waals surface area contributed by atoms with Crippen molar-refractivity contribution in [3.63, 3.8) is 0 Å². The van der Waals surface area contributed by atoms with Crippen molar-refractivity contribution >= 4 is 41.3 Å². The number of benzene rings is 1. The van der Waals surface area contributed by atoms with Crippen LogP contribution in [0.25, 0.3) is 0 Å². The first-order valence-electron chi connectivity index (χ1n) is 9.42. The van der Waals surface area contributed by atoms with E-state index in [1.807, 2.05) is 6.92 Å². The summed E-state index contributed by atoms with van der Waals surface area (Å²) in [6.45, 7) is 10.6. The first-order chi connectivity index (χ1) is 13.1. The van der Waals surface area contributed by atoms with Gasteiger partial charge < -0.3 is 20.7 Å². The highest BCUT2D eigenvalue weighted by atomic mass is 127. The Labute approximate surface area is 183 Å². The van der Waals surface area contributed by atoms with Crippen LogP contribution in [0.15, 0.2) is 29.3 Å². The summed E-state index contributed by atoms with van der Waals surface area (Å²) in [5.41, 5.74) is 0.944. The summed E-state index contributed by atoms with van der Waals surface area (Å²) in [4.78, 5) is 17.3. The predicted molar refractivity (Wildman–Crippen MR) is 123 cm³/mol. The molecule has 1 atom stereocenters. The molecule has 1 aromatic rings. The summed E-state index contributed by atoms with van der Waals surface area (Å²) in [5.74, 6) is 0.795. The molecule has 1 fully saturated rings. The van der Waals surface area contributed by atoms with Gasteiger partial charge in [-0.2, -0.15) is 0 Å². The molecule has 0 spiro atoms. The van der Waals surface area contributed by atoms with Crippen molar-refractivity contribution in [3.05, 3.63) is 34.4 Å². The van der Waals surface area contributed by atoms with E-state index in [4.69, 9.17) is 4.74 Å². The average molecular weight is 506 g/mol. The van der Waals surface area contributed by atoms with Gasteiger partial charge in [0, 0.05) is 56.6 Å². The van der Waals surface area contributed by atoms with E-state index in [0.717, 1.165) is 51.0 Å². The molecular formula is C18H31IN6O3. The Kier molecular flexibility index (Phi) is 11.8. The molecule has 0 amide bonds. The maximum absolute atomic E-state index is 10.7. The number of non-ortho nitro benzene ring substituents is 1. The van der Waals surface area contributed by atoms with Crippen molar-refractivity contribution in [1.29, 1.82) is 0 Å². The summed E-state index contributed by atoms with van der Waals surface area (Å²) in [6, 6.07) is 6.79. The molecule has 0 aromatic heterocycles. The highest BCUT2D eigenvalue weighted by molar-refractivity contribution is 14.0. The molecule has 1 aromatic carbocycles. The van der Waals surface area contributed by atoms with Crippen LogP contribution in [0.5, 0.6) is 0 Å². The monoisotopic (exact) mass is 506 g/mol. The van der Waals surface area contributed by atoms with Gasteiger partial charge in [0.25, 0.3) is 5.69 Å². The van der Waals surface area contributed by atoms with E-state index in [1.54, 1.807) is 12.1 Å². The number of rotatable bonds is 9. The Bertz CT molecular complexity index is 608. The van der Waals surface area contributed by atoms with Crippen LogP contribution in [0.3, 0.4) is 0 Å². The maximum atomic E-state index is 10.7. The molecule has 1 unspecified atom stereocenters. The van der Waals surface area contributed by atoms with E-state index >= 15 is 0 Å². The zero-order valence-corrected chi connectivity index (χ0v) is 18.8. The molecule has 1 saturated heterocycles. The SMILES string of the molecule is CCNC(=NCC(C)N1CCOCC1)NCCNc1ccc([N+](=O)[O-])cc1.I. The summed E-state index contributed by atoms with van der Waals surface area (Å²) in [5, 5.41) is 20.5. The predicted octanol–water partition coefficient (Wildman–Crippen LogP) is 1.90. The van der Waals surface area contributed by atoms with Crippen LogP contribution < -0.4 is 16.0 Å². The number of aliphatic imine (C=N–C) groups is 1. The molecule has 0 saturated carbocycles. The van der Waals surface area contributed by atoms with Gasteiger partial charge in [0.15, 0.2) is 5.96 Å². The Balaban J connectivity index is 0.00000392. The molecule has 158 valence electrons. The number of nitro benzene ring substituents is 1. The van der Waals surface area contributed by atoms with Crippen LogP contribution in [0.2, 0.25) is 0 Å². The minimum Gasteiger partial charge on any atom is -0.383 e. The number of ether oxygens (including phenoxy) is 1. The molecule has 28 heavy (non-hydrogen) atoms. The van der Waals surface area contributed by atoms with Gasteiger partial charge in [-0.3, -0.25) is 20.0 Å². The smallest absolute Gasteiger partial charge is 0.269 e. The third-order valence-electron chi connectivity index (χ3n) is 4.35. The topological polar surface area (TPSA) is 104 Å². The van der Waals surface area contributed by atoms with Gasteiger partial charge in [-0.05, 0) is 26.0 Å². The lowest BCUT2D eigenvalue weighted by Crippen LogP contribution is -2.45. The lowest BCUT2D eigenvalue weighted by molar-refractivity contribution is -0.384. The van der Waals surface area contributed by atoms with E-state index in [0.29, 0.717) is 19.1 Å². The number of hydrogen-bond donors (Lipinski definition) is 3. The molecule has 1 aliphatic rings. The molecule has 1 aliphatic heterocycles. The Hall–Kier alpha value is -1.66. The molecule has 9 nitrogen and oxygen atoms in total. The van der Waals surface area contributed by atoms with Crippen molar-refractivity contribution in [1.82, 2.24) is 15.5 Å². The fraction of sp³-hybridized carbons (Fsp3) is 0.611. The van der Waals surface area contributed by atoms with E-state index in [9.17, 15) is 10.1 Å². The van der Waals surface area contributed by atoms with E-state index < -0.39 is 4.92 Å². The highest BCUT2D eigenvalue weighted by Gasteiger charge is 2.16. The molecule has 0 bridgehead atoms. The third kappa shape index (κ3) is 8.57. The standard InChI is InChI=1S/C18H30N6O3.HI/c1-3-19-18(22-14-15(2)23-10-12-27-13-11-23)21-9-8-20-16-4-6-17(7-5-16)24(25)26;/h4-7,15,20H,3,8-14H2,1-2H3,(H2,19,21,22);1H. The lowest BCUT2D eigenvalue weighted by atomic mass is 10.2. The number of guanidine groups is 1. The molecule has 10 heteroatoms. The normalized spacial score (nSPS) is 16.0. The van der Waals surface area contributed by atoms with Crippen LogP contribution >= 0.6 is 24.0 Å². The largest absolute Gasteiger partial charge is 0.383 e. The number of nitrogens with one attached hydrogen (secondary N) is 3. The molecule has 0 aliphatic carbocycles. The number of halogens is 1. The Morgan fingerprint density at radius 3 is 2.54 bits per heavy atom. The van der Waals surface area contributed by atoms with Crippen LogP contribution in [-0.2, 0) is 4.74 Å². The second-order valence-corrected chi connectivity index (χ2v) is 6.37. The molecular weight excluding hydrogens is 475 g/mol. The fourth-order valence-corrected chi connectivity index (χ4v) is 2.79. The van der Waals surface area contributed by atoms with Gasteiger partial charge in [0.05, 0.1) is 24.7 Å². The van der Waals surface area contributed by atoms with Crippen molar-refractivity contribution in [2.75, 3.05) is 57.8 Å². The van der Waals surface area contributed by atoms with E-state index in [-0.39, 0.29) is 29.7 Å². The summed E-state index contributed by atoms with van der Waals surface area (Å²) in [7, 11) is 0. The zero-order valence-electron chi connectivity index (χ0n) is 16.5. The summed E-state index contributed by atoms with van der Waals surface area (Å²) in [6.07, 6.45) is 0. The van der Waals surface area contributed by atoms with E-state index in [1.165, 1.54) is 12.1 Å². The molecule has 3 N–H and O–H groups in total. The first-order valence-corrected chi connectivity index (χ1v) is 9.42. The Morgan fingerprint density at radius 1 is 1.25 bits per heavy atom. The van der Waals surface area contributed by atoms with Crippen molar-refractivity contribution < 1.29 is 9.66 Å². The van der Waals surface area contributed by atoms with Crippen LogP contribution in [0.4, 0.5) is 11.4 Å². The van der Waals surface area contributed by atoms with Crippen LogP contribution in [-0.4, -0.2) is 74.3 Å². The van der Waals surface area contributed by atoms with E-state index in [2.05, 4.69) is 32.8 Å². The minimum atomic E-state index is -0.400. The molecule has 1 heterocycles. The van der Waals surface area contributed by atoms with Crippen LogP contribution in [0, 0.1) is 10.1 Å².